The monoisotopic (exact) mass is 305 g/mol. The zero-order chi connectivity index (χ0) is 14.8. The number of hydrogen-bond acceptors (Lipinski definition) is 5. The molecule has 3 rings (SSSR count). The normalized spacial score (nSPS) is 21.8. The Kier molecular flexibility index (Phi) is 4.07. The highest BCUT2D eigenvalue weighted by atomic mass is 32.1. The third-order valence-electron chi connectivity index (χ3n) is 4.24. The van der Waals surface area contributed by atoms with Gasteiger partial charge in [-0.25, -0.2) is 4.98 Å². The lowest BCUT2D eigenvalue weighted by molar-refractivity contribution is 0.0938. The highest BCUT2D eigenvalue weighted by Crippen LogP contribution is 2.30. The molecule has 5 nitrogen and oxygen atoms in total. The maximum Gasteiger partial charge on any atom is 0.251 e. The van der Waals surface area contributed by atoms with Crippen molar-refractivity contribution in [3.05, 3.63) is 23.8 Å². The van der Waals surface area contributed by atoms with E-state index < -0.39 is 0 Å². The molecule has 6 heteroatoms. The van der Waals surface area contributed by atoms with Crippen LogP contribution in [0.2, 0.25) is 0 Å². The fourth-order valence-corrected chi connectivity index (χ4v) is 3.81. The van der Waals surface area contributed by atoms with Gasteiger partial charge in [0.25, 0.3) is 5.91 Å². The number of nitrogens with one attached hydrogen (secondary N) is 1. The molecule has 4 N–H and O–H groups in total. The summed E-state index contributed by atoms with van der Waals surface area (Å²) in [5, 5.41) is 12.8. The van der Waals surface area contributed by atoms with Crippen molar-refractivity contribution in [2.24, 2.45) is 11.8 Å². The van der Waals surface area contributed by atoms with Crippen LogP contribution in [0.4, 0.5) is 5.13 Å². The Morgan fingerprint density at radius 1 is 1.43 bits per heavy atom. The third kappa shape index (κ3) is 3.01. The molecule has 1 aromatic heterocycles. The Morgan fingerprint density at radius 2 is 2.24 bits per heavy atom. The van der Waals surface area contributed by atoms with Gasteiger partial charge in [0.05, 0.1) is 10.2 Å². The fraction of sp³-hybridized carbons (Fsp3) is 0.467. The number of amides is 1. The largest absolute Gasteiger partial charge is 0.396 e. The van der Waals surface area contributed by atoms with Crippen LogP contribution in [0.5, 0.6) is 0 Å². The van der Waals surface area contributed by atoms with Crippen molar-refractivity contribution in [3.63, 3.8) is 0 Å². The molecule has 0 saturated heterocycles. The van der Waals surface area contributed by atoms with Crippen LogP contribution in [-0.4, -0.2) is 29.1 Å². The van der Waals surface area contributed by atoms with Gasteiger partial charge in [0, 0.05) is 18.7 Å². The average molecular weight is 305 g/mol. The molecule has 0 bridgehead atoms. The van der Waals surface area contributed by atoms with E-state index in [1.54, 1.807) is 6.07 Å². The van der Waals surface area contributed by atoms with Gasteiger partial charge in [-0.05, 0) is 42.9 Å². The molecule has 2 aromatic rings. The van der Waals surface area contributed by atoms with Crippen LogP contribution in [0.25, 0.3) is 10.2 Å². The Morgan fingerprint density at radius 3 is 3.05 bits per heavy atom. The number of carbonyl (C=O) groups excluding carboxylic acids is 1. The summed E-state index contributed by atoms with van der Waals surface area (Å²) in [5.41, 5.74) is 7.13. The van der Waals surface area contributed by atoms with E-state index in [2.05, 4.69) is 10.3 Å². The Labute approximate surface area is 127 Å². The van der Waals surface area contributed by atoms with Crippen molar-refractivity contribution < 1.29 is 9.90 Å². The van der Waals surface area contributed by atoms with Crippen LogP contribution in [0.1, 0.15) is 29.6 Å². The first-order valence-corrected chi connectivity index (χ1v) is 8.04. The molecule has 1 aliphatic rings. The molecule has 21 heavy (non-hydrogen) atoms. The van der Waals surface area contributed by atoms with Crippen molar-refractivity contribution in [2.45, 2.75) is 19.3 Å². The maximum absolute atomic E-state index is 12.2. The maximum atomic E-state index is 12.2. The zero-order valence-electron chi connectivity index (χ0n) is 11.7. The number of hydrogen-bond donors (Lipinski definition) is 3. The molecule has 1 amide bonds. The molecular formula is C15H19N3O2S. The van der Waals surface area contributed by atoms with Gasteiger partial charge >= 0.3 is 0 Å². The number of thiazole rings is 1. The van der Waals surface area contributed by atoms with Gasteiger partial charge in [-0.1, -0.05) is 17.8 Å². The van der Waals surface area contributed by atoms with Crippen LogP contribution < -0.4 is 11.1 Å². The smallest absolute Gasteiger partial charge is 0.251 e. The summed E-state index contributed by atoms with van der Waals surface area (Å²) in [4.78, 5) is 16.4. The summed E-state index contributed by atoms with van der Waals surface area (Å²) in [6, 6.07) is 5.43. The number of rotatable bonds is 4. The summed E-state index contributed by atoms with van der Waals surface area (Å²) in [6.07, 6.45) is 3.27. The van der Waals surface area contributed by atoms with Crippen molar-refractivity contribution >= 4 is 32.6 Å². The van der Waals surface area contributed by atoms with Crippen LogP contribution in [0.3, 0.4) is 0 Å². The summed E-state index contributed by atoms with van der Waals surface area (Å²) < 4.78 is 0.925. The van der Waals surface area contributed by atoms with E-state index in [4.69, 9.17) is 5.73 Å². The second-order valence-electron chi connectivity index (χ2n) is 5.58. The molecule has 1 saturated carbocycles. The number of aliphatic hydroxyl groups is 1. The van der Waals surface area contributed by atoms with E-state index in [-0.39, 0.29) is 12.5 Å². The average Bonchev–Trinajstić information content (AvgIpc) is 3.08. The topological polar surface area (TPSA) is 88.2 Å². The van der Waals surface area contributed by atoms with Gasteiger partial charge in [-0.2, -0.15) is 0 Å². The predicted molar refractivity (Wildman–Crippen MR) is 84.3 cm³/mol. The number of benzene rings is 1. The van der Waals surface area contributed by atoms with Gasteiger partial charge in [0.1, 0.15) is 0 Å². The van der Waals surface area contributed by atoms with Gasteiger partial charge in [0.15, 0.2) is 5.13 Å². The molecule has 2 atom stereocenters. The van der Waals surface area contributed by atoms with E-state index >= 15 is 0 Å². The summed E-state index contributed by atoms with van der Waals surface area (Å²) in [5.74, 6) is 0.642. The first-order valence-electron chi connectivity index (χ1n) is 7.22. The second-order valence-corrected chi connectivity index (χ2v) is 6.64. The second kappa shape index (κ2) is 5.99. The molecule has 0 aliphatic heterocycles. The quantitative estimate of drug-likeness (QED) is 0.806. The van der Waals surface area contributed by atoms with Crippen molar-refractivity contribution in [3.8, 4) is 0 Å². The first-order chi connectivity index (χ1) is 10.2. The van der Waals surface area contributed by atoms with Crippen LogP contribution in [0, 0.1) is 11.8 Å². The van der Waals surface area contributed by atoms with Crippen LogP contribution in [-0.2, 0) is 0 Å². The standard InChI is InChI=1S/C15H19N3O2S/c16-15-18-12-5-4-9(6-13(12)21-15)14(20)17-7-10-2-1-3-11(10)8-19/h4-6,10-11,19H,1-3,7-8H2,(H2,16,18)(H,17,20). The van der Waals surface area contributed by atoms with E-state index in [1.165, 1.54) is 11.3 Å². The number of nitrogens with zero attached hydrogens (tertiary/aromatic N) is 1. The number of nitrogens with two attached hydrogens (primary N) is 1. The number of aromatic nitrogens is 1. The van der Waals surface area contributed by atoms with Gasteiger partial charge in [-0.15, -0.1) is 0 Å². The fourth-order valence-electron chi connectivity index (χ4n) is 3.03. The minimum Gasteiger partial charge on any atom is -0.396 e. The summed E-state index contributed by atoms with van der Waals surface area (Å²) >= 11 is 1.38. The zero-order valence-corrected chi connectivity index (χ0v) is 12.5. The predicted octanol–water partition coefficient (Wildman–Crippen LogP) is 2.02. The molecule has 1 fully saturated rings. The summed E-state index contributed by atoms with van der Waals surface area (Å²) in [7, 11) is 0. The van der Waals surface area contributed by atoms with Crippen molar-refractivity contribution in [2.75, 3.05) is 18.9 Å². The molecule has 1 heterocycles. The van der Waals surface area contributed by atoms with Crippen molar-refractivity contribution in [1.82, 2.24) is 10.3 Å². The SMILES string of the molecule is Nc1nc2ccc(C(=O)NCC3CCCC3CO)cc2s1. The molecular weight excluding hydrogens is 286 g/mol. The number of carbonyl (C=O) groups is 1. The Balaban J connectivity index is 1.66. The Hall–Kier alpha value is -1.66. The number of nitrogen functional groups attached to an aromatic ring is 1. The molecule has 2 unspecified atom stereocenters. The minimum atomic E-state index is -0.0764. The molecule has 1 aliphatic carbocycles. The lowest BCUT2D eigenvalue weighted by Crippen LogP contribution is -2.31. The van der Waals surface area contributed by atoms with Gasteiger partial charge in [0.2, 0.25) is 0 Å². The highest BCUT2D eigenvalue weighted by molar-refractivity contribution is 7.22. The molecule has 112 valence electrons. The summed E-state index contributed by atoms with van der Waals surface area (Å²) in [6.45, 7) is 0.847. The third-order valence-corrected chi connectivity index (χ3v) is 5.09. The molecule has 0 spiro atoms. The Bertz CT molecular complexity index is 655. The number of fused-ring (bicyclic) bond motifs is 1. The minimum absolute atomic E-state index is 0.0764. The van der Waals surface area contributed by atoms with Crippen LogP contribution >= 0.6 is 11.3 Å². The number of aliphatic hydroxyl groups excluding tert-OH is 1. The van der Waals surface area contributed by atoms with Crippen LogP contribution in [0.15, 0.2) is 18.2 Å². The molecule has 1 aromatic carbocycles. The van der Waals surface area contributed by atoms with Gasteiger partial charge < -0.3 is 16.2 Å². The van der Waals surface area contributed by atoms with E-state index in [0.29, 0.717) is 29.1 Å². The lowest BCUT2D eigenvalue weighted by Gasteiger charge is -2.17. The van der Waals surface area contributed by atoms with E-state index in [0.717, 1.165) is 29.5 Å². The van der Waals surface area contributed by atoms with Gasteiger partial charge in [-0.3, -0.25) is 4.79 Å². The lowest BCUT2D eigenvalue weighted by atomic mass is 9.97. The number of anilines is 1. The van der Waals surface area contributed by atoms with Crippen molar-refractivity contribution in [1.29, 1.82) is 0 Å². The first kappa shape index (κ1) is 14.3. The van der Waals surface area contributed by atoms with E-state index in [1.807, 2.05) is 12.1 Å². The molecule has 0 radical (unpaired) electrons. The highest BCUT2D eigenvalue weighted by Gasteiger charge is 2.26. The van der Waals surface area contributed by atoms with E-state index in [9.17, 15) is 9.90 Å².